The van der Waals surface area contributed by atoms with Crippen LogP contribution >= 0.6 is 9.39 Å². The van der Waals surface area contributed by atoms with E-state index in [1.807, 2.05) is 6.92 Å². The Bertz CT molecular complexity index is 95.2. The quantitative estimate of drug-likeness (QED) is 0.508. The lowest BCUT2D eigenvalue weighted by Gasteiger charge is -2.33. The number of hydrogen-bond donors (Lipinski definition) is 1. The van der Waals surface area contributed by atoms with Crippen molar-refractivity contribution in [2.75, 3.05) is 13.1 Å². The fourth-order valence-corrected chi connectivity index (χ4v) is 1.26. The summed E-state index contributed by atoms with van der Waals surface area (Å²) in [5.74, 6) is 0. The van der Waals surface area contributed by atoms with Crippen molar-refractivity contribution >= 4 is 9.39 Å². The summed E-state index contributed by atoms with van der Waals surface area (Å²) in [5.41, 5.74) is -0.396. The molecule has 1 saturated heterocycles. The number of piperidine rings is 1. The Hall–Kier alpha value is 0.350. The van der Waals surface area contributed by atoms with Gasteiger partial charge in [0.05, 0.1) is 5.60 Å². The Morgan fingerprint density at radius 3 is 2.22 bits per heavy atom. The van der Waals surface area contributed by atoms with E-state index in [2.05, 4.69) is 14.1 Å². The van der Waals surface area contributed by atoms with Crippen LogP contribution < -0.4 is 0 Å². The van der Waals surface area contributed by atoms with Gasteiger partial charge in [0.2, 0.25) is 0 Å². The average Bonchev–Trinajstić information content (AvgIpc) is 1.78. The van der Waals surface area contributed by atoms with Gasteiger partial charge in [-0.25, -0.2) is 0 Å². The van der Waals surface area contributed by atoms with Crippen LogP contribution in [0.3, 0.4) is 0 Å². The van der Waals surface area contributed by atoms with Gasteiger partial charge in [-0.1, -0.05) is 9.39 Å². The van der Waals surface area contributed by atoms with E-state index in [-0.39, 0.29) is 0 Å². The highest BCUT2D eigenvalue weighted by Gasteiger charge is 2.25. The van der Waals surface area contributed by atoms with Crippen molar-refractivity contribution < 1.29 is 5.11 Å². The largest absolute Gasteiger partial charge is 0.390 e. The van der Waals surface area contributed by atoms with Gasteiger partial charge in [0.1, 0.15) is 0 Å². The lowest BCUT2D eigenvalue weighted by molar-refractivity contribution is 0.0141. The first-order chi connectivity index (χ1) is 4.10. The zero-order chi connectivity index (χ0) is 6.91. The second-order valence-electron chi connectivity index (χ2n) is 3.03. The van der Waals surface area contributed by atoms with Gasteiger partial charge in [-0.05, 0) is 19.8 Å². The molecule has 0 radical (unpaired) electrons. The molecule has 0 amide bonds. The highest BCUT2D eigenvalue weighted by Crippen LogP contribution is 2.22. The summed E-state index contributed by atoms with van der Waals surface area (Å²) < 4.78 is 2.16. The molecule has 0 aliphatic carbocycles. The van der Waals surface area contributed by atoms with E-state index in [1.54, 1.807) is 0 Å². The summed E-state index contributed by atoms with van der Waals surface area (Å²) >= 11 is 0. The standard InChI is InChI=1S/C6H14NOP/c1-6(8)2-4-7(9)5-3-6/h8H,2-5,9H2,1H3. The number of nitrogens with zero attached hydrogens (tertiary/aromatic N) is 1. The van der Waals surface area contributed by atoms with Crippen LogP contribution in [-0.2, 0) is 0 Å². The fraction of sp³-hybridized carbons (Fsp3) is 1.00. The molecule has 1 atom stereocenters. The van der Waals surface area contributed by atoms with Gasteiger partial charge >= 0.3 is 0 Å². The predicted octanol–water partition coefficient (Wildman–Crippen LogP) is 0.623. The average molecular weight is 147 g/mol. The van der Waals surface area contributed by atoms with Crippen molar-refractivity contribution in [1.29, 1.82) is 0 Å². The third-order valence-corrected chi connectivity index (χ3v) is 2.39. The molecule has 0 aromatic rings. The monoisotopic (exact) mass is 147 g/mol. The minimum atomic E-state index is -0.396. The van der Waals surface area contributed by atoms with E-state index < -0.39 is 5.60 Å². The molecule has 1 N–H and O–H groups in total. The fourth-order valence-electron chi connectivity index (χ4n) is 1.01. The Labute approximate surface area is 58.5 Å². The summed E-state index contributed by atoms with van der Waals surface area (Å²) in [4.78, 5) is 0. The number of rotatable bonds is 0. The molecule has 1 fully saturated rings. The molecule has 1 aliphatic rings. The van der Waals surface area contributed by atoms with Crippen molar-refractivity contribution in [2.45, 2.75) is 25.4 Å². The van der Waals surface area contributed by atoms with Gasteiger partial charge in [0.25, 0.3) is 0 Å². The molecule has 3 heteroatoms. The molecule has 0 saturated carbocycles. The van der Waals surface area contributed by atoms with Crippen molar-refractivity contribution in [1.82, 2.24) is 4.67 Å². The second-order valence-corrected chi connectivity index (χ2v) is 3.76. The van der Waals surface area contributed by atoms with Gasteiger partial charge in [-0.2, -0.15) is 0 Å². The zero-order valence-electron chi connectivity index (χ0n) is 5.80. The third-order valence-electron chi connectivity index (χ3n) is 1.88. The highest BCUT2D eigenvalue weighted by molar-refractivity contribution is 7.13. The zero-order valence-corrected chi connectivity index (χ0v) is 6.95. The van der Waals surface area contributed by atoms with E-state index in [0.29, 0.717) is 0 Å². The smallest absolute Gasteiger partial charge is 0.0644 e. The van der Waals surface area contributed by atoms with Crippen LogP contribution in [0.5, 0.6) is 0 Å². The normalized spacial score (nSPS) is 28.3. The van der Waals surface area contributed by atoms with Crippen LogP contribution in [0.15, 0.2) is 0 Å². The van der Waals surface area contributed by atoms with Crippen molar-refractivity contribution in [3.8, 4) is 0 Å². The molecule has 0 aromatic heterocycles. The minimum absolute atomic E-state index is 0.396. The van der Waals surface area contributed by atoms with Gasteiger partial charge in [-0.3, -0.25) is 4.67 Å². The Kier molecular flexibility index (Phi) is 2.10. The summed E-state index contributed by atoms with van der Waals surface area (Å²) in [6, 6.07) is 0. The maximum absolute atomic E-state index is 9.46. The highest BCUT2D eigenvalue weighted by atomic mass is 31.0. The van der Waals surface area contributed by atoms with Gasteiger partial charge in [0, 0.05) is 13.1 Å². The van der Waals surface area contributed by atoms with Crippen molar-refractivity contribution in [2.24, 2.45) is 0 Å². The molecule has 0 aromatic carbocycles. The topological polar surface area (TPSA) is 23.5 Å². The van der Waals surface area contributed by atoms with Crippen LogP contribution in [0.2, 0.25) is 0 Å². The molecule has 1 heterocycles. The first-order valence-electron chi connectivity index (χ1n) is 3.32. The summed E-state index contributed by atoms with van der Waals surface area (Å²) in [6.45, 7) is 3.90. The Morgan fingerprint density at radius 2 is 1.89 bits per heavy atom. The molecular weight excluding hydrogens is 133 g/mol. The van der Waals surface area contributed by atoms with Gasteiger partial charge in [0.15, 0.2) is 0 Å². The first kappa shape index (κ1) is 7.46. The van der Waals surface area contributed by atoms with E-state index in [1.165, 1.54) is 0 Å². The molecule has 1 rings (SSSR count). The van der Waals surface area contributed by atoms with Crippen molar-refractivity contribution in [3.63, 3.8) is 0 Å². The molecule has 1 aliphatic heterocycles. The molecule has 1 unspecified atom stereocenters. The van der Waals surface area contributed by atoms with E-state index in [0.717, 1.165) is 25.9 Å². The molecule has 9 heavy (non-hydrogen) atoms. The lowest BCUT2D eigenvalue weighted by Crippen LogP contribution is -2.37. The van der Waals surface area contributed by atoms with Gasteiger partial charge in [-0.15, -0.1) is 0 Å². The number of hydrogen-bond acceptors (Lipinski definition) is 2. The van der Waals surface area contributed by atoms with Crippen LogP contribution in [0.25, 0.3) is 0 Å². The van der Waals surface area contributed by atoms with Crippen LogP contribution in [0.4, 0.5) is 0 Å². The van der Waals surface area contributed by atoms with E-state index in [4.69, 9.17) is 0 Å². The second kappa shape index (κ2) is 2.53. The molecule has 0 spiro atoms. The minimum Gasteiger partial charge on any atom is -0.390 e. The van der Waals surface area contributed by atoms with Gasteiger partial charge < -0.3 is 5.11 Å². The van der Waals surface area contributed by atoms with Crippen LogP contribution in [0.1, 0.15) is 19.8 Å². The lowest BCUT2D eigenvalue weighted by atomic mass is 9.95. The predicted molar refractivity (Wildman–Crippen MR) is 41.1 cm³/mol. The van der Waals surface area contributed by atoms with E-state index in [9.17, 15) is 5.11 Å². The molecule has 54 valence electrons. The molecular formula is C6H14NOP. The maximum atomic E-state index is 9.46. The van der Waals surface area contributed by atoms with Crippen molar-refractivity contribution in [3.05, 3.63) is 0 Å². The number of aliphatic hydroxyl groups is 1. The maximum Gasteiger partial charge on any atom is 0.0644 e. The summed E-state index contributed by atoms with van der Waals surface area (Å²) in [7, 11) is 2.66. The molecule has 2 nitrogen and oxygen atoms in total. The molecule has 0 bridgehead atoms. The third kappa shape index (κ3) is 2.21. The van der Waals surface area contributed by atoms with Crippen LogP contribution in [0, 0.1) is 0 Å². The van der Waals surface area contributed by atoms with Crippen LogP contribution in [-0.4, -0.2) is 28.5 Å². The summed E-state index contributed by atoms with van der Waals surface area (Å²) in [5, 5.41) is 9.46. The van der Waals surface area contributed by atoms with E-state index >= 15 is 0 Å². The SMILES string of the molecule is CC1(O)CCN(P)CC1. The first-order valence-corrected chi connectivity index (χ1v) is 3.84. The Morgan fingerprint density at radius 1 is 1.44 bits per heavy atom. The Balaban J connectivity index is 2.35. The summed E-state index contributed by atoms with van der Waals surface area (Å²) in [6.07, 6.45) is 1.80.